The van der Waals surface area contributed by atoms with E-state index in [2.05, 4.69) is 10.6 Å². The second kappa shape index (κ2) is 11.9. The summed E-state index contributed by atoms with van der Waals surface area (Å²) in [6.45, 7) is 5.80. The molecule has 27 heavy (non-hydrogen) atoms. The number of hydrogen-bond acceptors (Lipinski definition) is 5. The van der Waals surface area contributed by atoms with E-state index in [-0.39, 0.29) is 12.5 Å². The molecule has 0 aromatic heterocycles. The van der Waals surface area contributed by atoms with Crippen molar-refractivity contribution in [2.45, 2.75) is 58.7 Å². The molecule has 0 bridgehead atoms. The summed E-state index contributed by atoms with van der Waals surface area (Å²) in [4.78, 5) is 36.6. The zero-order chi connectivity index (χ0) is 20.2. The fourth-order valence-electron chi connectivity index (χ4n) is 2.54. The molecule has 2 N–H and O–H groups in total. The Bertz CT molecular complexity index is 606. The number of amides is 2. The summed E-state index contributed by atoms with van der Waals surface area (Å²) in [6, 6.07) is 7.74. The highest BCUT2D eigenvalue weighted by Gasteiger charge is 2.30. The molecule has 0 aliphatic rings. The molecule has 2 amide bonds. The molecule has 1 rings (SSSR count). The van der Waals surface area contributed by atoms with Gasteiger partial charge in [-0.15, -0.1) is 0 Å². The summed E-state index contributed by atoms with van der Waals surface area (Å²) in [7, 11) is 1.28. The highest BCUT2D eigenvalue weighted by atomic mass is 16.5. The van der Waals surface area contributed by atoms with Crippen LogP contribution in [0.1, 0.15) is 45.6 Å². The van der Waals surface area contributed by atoms with E-state index < -0.39 is 30.1 Å². The molecular weight excluding hydrogens is 348 g/mol. The van der Waals surface area contributed by atoms with Crippen molar-refractivity contribution >= 4 is 18.0 Å². The van der Waals surface area contributed by atoms with Crippen molar-refractivity contribution < 1.29 is 23.9 Å². The van der Waals surface area contributed by atoms with Gasteiger partial charge in [0.15, 0.2) is 0 Å². The fourth-order valence-corrected chi connectivity index (χ4v) is 2.54. The predicted molar refractivity (Wildman–Crippen MR) is 102 cm³/mol. The van der Waals surface area contributed by atoms with Gasteiger partial charge in [0.1, 0.15) is 18.7 Å². The van der Waals surface area contributed by atoms with Crippen molar-refractivity contribution in [2.75, 3.05) is 7.11 Å². The highest BCUT2D eigenvalue weighted by molar-refractivity contribution is 5.89. The first-order valence-electron chi connectivity index (χ1n) is 9.28. The van der Waals surface area contributed by atoms with Crippen molar-refractivity contribution in [3.05, 3.63) is 35.9 Å². The average molecular weight is 378 g/mol. The first-order chi connectivity index (χ1) is 12.9. The molecule has 0 heterocycles. The maximum Gasteiger partial charge on any atom is 0.408 e. The molecule has 0 aliphatic heterocycles. The van der Waals surface area contributed by atoms with E-state index in [4.69, 9.17) is 9.47 Å². The molecule has 0 radical (unpaired) electrons. The summed E-state index contributed by atoms with van der Waals surface area (Å²) >= 11 is 0. The van der Waals surface area contributed by atoms with Gasteiger partial charge in [0.2, 0.25) is 5.91 Å². The van der Waals surface area contributed by atoms with E-state index in [1.54, 1.807) is 0 Å². The van der Waals surface area contributed by atoms with Gasteiger partial charge in [-0.3, -0.25) is 4.79 Å². The van der Waals surface area contributed by atoms with E-state index in [1.807, 2.05) is 51.1 Å². The molecule has 150 valence electrons. The predicted octanol–water partition coefficient (Wildman–Crippen LogP) is 2.79. The van der Waals surface area contributed by atoms with Crippen LogP contribution in [0, 0.1) is 5.92 Å². The van der Waals surface area contributed by atoms with Crippen LogP contribution < -0.4 is 10.6 Å². The zero-order valence-corrected chi connectivity index (χ0v) is 16.5. The molecule has 3 atom stereocenters. The topological polar surface area (TPSA) is 93.7 Å². The third-order valence-corrected chi connectivity index (χ3v) is 4.36. The minimum atomic E-state index is -0.803. The van der Waals surface area contributed by atoms with Gasteiger partial charge in [0.05, 0.1) is 7.11 Å². The molecule has 7 nitrogen and oxygen atoms in total. The van der Waals surface area contributed by atoms with E-state index in [0.717, 1.165) is 5.56 Å². The second-order valence-corrected chi connectivity index (χ2v) is 6.44. The highest BCUT2D eigenvalue weighted by Crippen LogP contribution is 2.10. The van der Waals surface area contributed by atoms with Gasteiger partial charge in [-0.25, -0.2) is 9.59 Å². The molecule has 7 heteroatoms. The van der Waals surface area contributed by atoms with Gasteiger partial charge >= 0.3 is 12.1 Å². The van der Waals surface area contributed by atoms with Crippen LogP contribution in [0.4, 0.5) is 4.79 Å². The van der Waals surface area contributed by atoms with E-state index >= 15 is 0 Å². The van der Waals surface area contributed by atoms with E-state index in [1.165, 1.54) is 7.11 Å². The van der Waals surface area contributed by atoms with E-state index in [0.29, 0.717) is 19.3 Å². The number of carbonyl (C=O) groups excluding carboxylic acids is 3. The van der Waals surface area contributed by atoms with Crippen molar-refractivity contribution in [1.29, 1.82) is 0 Å². The minimum Gasteiger partial charge on any atom is -0.467 e. The molecule has 0 aliphatic carbocycles. The number of nitrogens with one attached hydrogen (secondary N) is 2. The van der Waals surface area contributed by atoms with Gasteiger partial charge in [0, 0.05) is 0 Å². The quantitative estimate of drug-likeness (QED) is 0.611. The van der Waals surface area contributed by atoms with Crippen molar-refractivity contribution in [1.82, 2.24) is 10.6 Å². The second-order valence-electron chi connectivity index (χ2n) is 6.44. The van der Waals surface area contributed by atoms with Crippen LogP contribution in [-0.2, 0) is 25.7 Å². The van der Waals surface area contributed by atoms with Crippen molar-refractivity contribution in [3.63, 3.8) is 0 Å². The van der Waals surface area contributed by atoms with Crippen LogP contribution in [0.3, 0.4) is 0 Å². The first-order valence-corrected chi connectivity index (χ1v) is 9.28. The van der Waals surface area contributed by atoms with Crippen LogP contribution in [0.15, 0.2) is 30.3 Å². The average Bonchev–Trinajstić information content (AvgIpc) is 2.69. The van der Waals surface area contributed by atoms with Gasteiger partial charge in [-0.05, 0) is 17.9 Å². The monoisotopic (exact) mass is 378 g/mol. The van der Waals surface area contributed by atoms with Crippen LogP contribution >= 0.6 is 0 Å². The lowest BCUT2D eigenvalue weighted by atomic mass is 9.98. The van der Waals surface area contributed by atoms with Crippen LogP contribution in [0.2, 0.25) is 0 Å². The molecular formula is C20H30N2O5. The number of methoxy groups -OCH3 is 1. The number of benzene rings is 1. The number of carbonyl (C=O) groups is 3. The molecule has 1 aromatic carbocycles. The first kappa shape index (κ1) is 22.5. The summed E-state index contributed by atoms with van der Waals surface area (Å²) in [5.41, 5.74) is 0.853. The summed E-state index contributed by atoms with van der Waals surface area (Å²) in [5.74, 6) is -1.06. The molecule has 0 spiro atoms. The Morgan fingerprint density at radius 3 is 2.30 bits per heavy atom. The maximum atomic E-state index is 12.7. The largest absolute Gasteiger partial charge is 0.467 e. The Morgan fingerprint density at radius 2 is 1.74 bits per heavy atom. The molecule has 0 saturated carbocycles. The maximum absolute atomic E-state index is 12.7. The smallest absolute Gasteiger partial charge is 0.408 e. The number of esters is 1. The van der Waals surface area contributed by atoms with Crippen LogP contribution in [0.25, 0.3) is 0 Å². The number of alkyl carbamates (subject to hydrolysis) is 1. The van der Waals surface area contributed by atoms with Gasteiger partial charge in [-0.1, -0.05) is 63.9 Å². The lowest BCUT2D eigenvalue weighted by Gasteiger charge is -2.25. The summed E-state index contributed by atoms with van der Waals surface area (Å²) in [6.07, 6.45) is 1.17. The number of rotatable bonds is 10. The Kier molecular flexibility index (Phi) is 9.93. The Labute approximate surface area is 160 Å². The number of hydrogen-bond donors (Lipinski definition) is 2. The fraction of sp³-hybridized carbons (Fsp3) is 0.550. The SMILES string of the molecule is CCCC(NC(=O)C(NC(=O)OCc1ccccc1)C(C)CC)C(=O)OC. The number of ether oxygens (including phenoxy) is 2. The summed E-state index contributed by atoms with van der Waals surface area (Å²) in [5, 5.41) is 5.30. The molecule has 0 fully saturated rings. The standard InChI is InChI=1S/C20H30N2O5/c1-5-10-16(19(24)26-4)21-18(23)17(14(3)6-2)22-20(25)27-13-15-11-8-7-9-12-15/h7-9,11-12,14,16-17H,5-6,10,13H2,1-4H3,(H,21,23)(H,22,25). The third-order valence-electron chi connectivity index (χ3n) is 4.36. The molecule has 1 aromatic rings. The Hall–Kier alpha value is -2.57. The molecule has 0 saturated heterocycles. The Balaban J connectivity index is 2.71. The lowest BCUT2D eigenvalue weighted by molar-refractivity contribution is -0.145. The molecule has 3 unspecified atom stereocenters. The van der Waals surface area contributed by atoms with Gasteiger partial charge in [0.25, 0.3) is 0 Å². The lowest BCUT2D eigenvalue weighted by Crippen LogP contribution is -2.54. The van der Waals surface area contributed by atoms with Crippen LogP contribution in [-0.4, -0.2) is 37.2 Å². The van der Waals surface area contributed by atoms with Crippen LogP contribution in [0.5, 0.6) is 0 Å². The van der Waals surface area contributed by atoms with E-state index in [9.17, 15) is 14.4 Å². The summed E-state index contributed by atoms with van der Waals surface area (Å²) < 4.78 is 9.94. The zero-order valence-electron chi connectivity index (χ0n) is 16.5. The van der Waals surface area contributed by atoms with Crippen molar-refractivity contribution in [2.24, 2.45) is 5.92 Å². The normalized spacial score (nSPS) is 13.8. The third kappa shape index (κ3) is 7.68. The Morgan fingerprint density at radius 1 is 1.07 bits per heavy atom. The van der Waals surface area contributed by atoms with Gasteiger partial charge in [-0.2, -0.15) is 0 Å². The van der Waals surface area contributed by atoms with Gasteiger partial charge < -0.3 is 20.1 Å². The van der Waals surface area contributed by atoms with Crippen molar-refractivity contribution in [3.8, 4) is 0 Å². The minimum absolute atomic E-state index is 0.113.